The molecule has 2 N–H and O–H groups in total. The van der Waals surface area contributed by atoms with Crippen molar-refractivity contribution in [3.8, 4) is 0 Å². The van der Waals surface area contributed by atoms with Gasteiger partial charge in [-0.15, -0.1) is 0 Å². The molecular formula is C12H24N2O2S. The second-order valence-corrected chi connectivity index (χ2v) is 6.85. The van der Waals surface area contributed by atoms with Crippen LogP contribution < -0.4 is 10.6 Å². The van der Waals surface area contributed by atoms with Gasteiger partial charge in [-0.25, -0.2) is 0 Å². The molecule has 1 heterocycles. The van der Waals surface area contributed by atoms with Gasteiger partial charge in [-0.2, -0.15) is 0 Å². The molecule has 2 unspecified atom stereocenters. The minimum Gasteiger partial charge on any atom is -0.355 e. The zero-order valence-corrected chi connectivity index (χ0v) is 11.9. The van der Waals surface area contributed by atoms with Crippen molar-refractivity contribution in [2.75, 3.05) is 31.6 Å². The van der Waals surface area contributed by atoms with E-state index in [-0.39, 0.29) is 11.3 Å². The highest BCUT2D eigenvalue weighted by atomic mass is 32.2. The lowest BCUT2D eigenvalue weighted by Crippen LogP contribution is -2.47. The van der Waals surface area contributed by atoms with Gasteiger partial charge in [-0.1, -0.05) is 13.8 Å². The third-order valence-electron chi connectivity index (χ3n) is 3.58. The van der Waals surface area contributed by atoms with Gasteiger partial charge in [0.1, 0.15) is 0 Å². The summed E-state index contributed by atoms with van der Waals surface area (Å²) in [5, 5.41) is 6.23. The predicted molar refractivity (Wildman–Crippen MR) is 71.3 cm³/mol. The van der Waals surface area contributed by atoms with Gasteiger partial charge in [0.25, 0.3) is 0 Å². The maximum Gasteiger partial charge on any atom is 0.226 e. The van der Waals surface area contributed by atoms with Gasteiger partial charge in [-0.3, -0.25) is 9.00 Å². The van der Waals surface area contributed by atoms with Gasteiger partial charge in [0.05, 0.1) is 0 Å². The highest BCUT2D eigenvalue weighted by Gasteiger charge is 2.36. The molecule has 0 radical (unpaired) electrons. The molecule has 1 fully saturated rings. The molecule has 5 heteroatoms. The van der Waals surface area contributed by atoms with Crippen molar-refractivity contribution in [2.24, 2.45) is 11.3 Å². The summed E-state index contributed by atoms with van der Waals surface area (Å²) in [5.41, 5.74) is -0.345. The Morgan fingerprint density at radius 3 is 2.76 bits per heavy atom. The first kappa shape index (κ1) is 14.6. The van der Waals surface area contributed by atoms with E-state index in [1.54, 1.807) is 6.26 Å². The van der Waals surface area contributed by atoms with Crippen molar-refractivity contribution in [3.63, 3.8) is 0 Å². The number of rotatable bonds is 5. The molecule has 0 aromatic heterocycles. The van der Waals surface area contributed by atoms with Gasteiger partial charge in [0.15, 0.2) is 0 Å². The average molecular weight is 260 g/mol. The summed E-state index contributed by atoms with van der Waals surface area (Å²) in [6, 6.07) is 0. The number of nitrogens with one attached hydrogen (secondary N) is 2. The van der Waals surface area contributed by atoms with Gasteiger partial charge >= 0.3 is 0 Å². The second kappa shape index (κ2) is 6.50. The Morgan fingerprint density at radius 2 is 2.24 bits per heavy atom. The topological polar surface area (TPSA) is 58.2 Å². The number of amides is 1. The summed E-state index contributed by atoms with van der Waals surface area (Å²) in [4.78, 5) is 12.1. The Hall–Kier alpha value is -0.420. The van der Waals surface area contributed by atoms with E-state index in [4.69, 9.17) is 0 Å². The summed E-state index contributed by atoms with van der Waals surface area (Å²) >= 11 is 0. The van der Waals surface area contributed by atoms with Crippen molar-refractivity contribution >= 4 is 16.7 Å². The molecule has 4 nitrogen and oxygen atoms in total. The van der Waals surface area contributed by atoms with Gasteiger partial charge in [0.2, 0.25) is 5.91 Å². The van der Waals surface area contributed by atoms with E-state index < -0.39 is 10.8 Å². The lowest BCUT2D eigenvalue weighted by molar-refractivity contribution is -0.132. The van der Waals surface area contributed by atoms with Crippen LogP contribution in [0.1, 0.15) is 26.7 Å². The smallest absolute Gasteiger partial charge is 0.226 e. The van der Waals surface area contributed by atoms with Crippen molar-refractivity contribution in [3.05, 3.63) is 0 Å². The molecule has 1 amide bonds. The van der Waals surface area contributed by atoms with Crippen LogP contribution in [0, 0.1) is 11.3 Å². The third kappa shape index (κ3) is 4.39. The number of hydrogen-bond acceptors (Lipinski definition) is 3. The Bertz CT molecular complexity index is 286. The first-order valence-electron chi connectivity index (χ1n) is 6.23. The molecule has 0 aromatic carbocycles. The number of carbonyl (C=O) groups is 1. The van der Waals surface area contributed by atoms with Crippen molar-refractivity contribution in [1.29, 1.82) is 0 Å². The highest BCUT2D eigenvalue weighted by Crippen LogP contribution is 2.31. The van der Waals surface area contributed by atoms with Crippen LogP contribution in [0.15, 0.2) is 0 Å². The number of hydrogen-bond donors (Lipinski definition) is 2. The summed E-state index contributed by atoms with van der Waals surface area (Å²) < 4.78 is 10.9. The molecular weight excluding hydrogens is 236 g/mol. The standard InChI is InChI=1S/C12H24N2O2S/c1-12(2,10-5-4-6-13-9-10)11(15)14-7-8-17(3)16/h10,13H,4-9H2,1-3H3,(H,14,15). The van der Waals surface area contributed by atoms with Crippen LogP contribution in [0.3, 0.4) is 0 Å². The monoisotopic (exact) mass is 260 g/mol. The number of carbonyl (C=O) groups excluding carboxylic acids is 1. The molecule has 1 rings (SSSR count). The van der Waals surface area contributed by atoms with Gasteiger partial charge in [0, 0.05) is 34.8 Å². The summed E-state index contributed by atoms with van der Waals surface area (Å²) in [7, 11) is -0.841. The first-order chi connectivity index (χ1) is 7.94. The predicted octanol–water partition coefficient (Wildman–Crippen LogP) is 0.507. The van der Waals surface area contributed by atoms with Crippen LogP contribution in [0.4, 0.5) is 0 Å². The van der Waals surface area contributed by atoms with E-state index in [9.17, 15) is 9.00 Å². The van der Waals surface area contributed by atoms with Crippen LogP contribution in [0.25, 0.3) is 0 Å². The first-order valence-corrected chi connectivity index (χ1v) is 7.96. The van der Waals surface area contributed by atoms with Crippen LogP contribution in [-0.4, -0.2) is 41.8 Å². The Morgan fingerprint density at radius 1 is 1.53 bits per heavy atom. The summed E-state index contributed by atoms with van der Waals surface area (Å²) in [6.07, 6.45) is 3.90. The third-order valence-corrected chi connectivity index (χ3v) is 4.36. The summed E-state index contributed by atoms with van der Waals surface area (Å²) in [6.45, 7) is 6.49. The molecule has 100 valence electrons. The molecule has 17 heavy (non-hydrogen) atoms. The van der Waals surface area contributed by atoms with Crippen LogP contribution in [0.2, 0.25) is 0 Å². The molecule has 1 aliphatic rings. The van der Waals surface area contributed by atoms with E-state index in [0.717, 1.165) is 25.9 Å². The molecule has 0 aromatic rings. The minimum atomic E-state index is -0.841. The molecule has 0 aliphatic carbocycles. The molecule has 2 atom stereocenters. The van der Waals surface area contributed by atoms with Crippen molar-refractivity contribution < 1.29 is 9.00 Å². The van der Waals surface area contributed by atoms with E-state index in [1.807, 2.05) is 13.8 Å². The normalized spacial score (nSPS) is 23.1. The fourth-order valence-electron chi connectivity index (χ4n) is 2.19. The molecule has 0 saturated carbocycles. The molecule has 0 spiro atoms. The lowest BCUT2D eigenvalue weighted by atomic mass is 9.74. The largest absolute Gasteiger partial charge is 0.355 e. The fraction of sp³-hybridized carbons (Fsp3) is 0.917. The minimum absolute atomic E-state index is 0.0802. The lowest BCUT2D eigenvalue weighted by Gasteiger charge is -2.36. The van der Waals surface area contributed by atoms with Gasteiger partial charge in [-0.05, 0) is 31.8 Å². The highest BCUT2D eigenvalue weighted by molar-refractivity contribution is 7.84. The molecule has 0 bridgehead atoms. The Labute approximate surface area is 106 Å². The van der Waals surface area contributed by atoms with Crippen LogP contribution >= 0.6 is 0 Å². The van der Waals surface area contributed by atoms with E-state index in [1.165, 1.54) is 0 Å². The fourth-order valence-corrected chi connectivity index (χ4v) is 2.58. The zero-order chi connectivity index (χ0) is 12.9. The van der Waals surface area contributed by atoms with Gasteiger partial charge < -0.3 is 10.6 Å². The van der Waals surface area contributed by atoms with E-state index >= 15 is 0 Å². The van der Waals surface area contributed by atoms with E-state index in [0.29, 0.717) is 18.2 Å². The zero-order valence-electron chi connectivity index (χ0n) is 11.0. The van der Waals surface area contributed by atoms with Crippen LogP contribution in [-0.2, 0) is 15.6 Å². The van der Waals surface area contributed by atoms with Crippen molar-refractivity contribution in [1.82, 2.24) is 10.6 Å². The molecule has 1 aliphatic heterocycles. The number of piperidine rings is 1. The SMILES string of the molecule is CS(=O)CCNC(=O)C(C)(C)C1CCCNC1. The van der Waals surface area contributed by atoms with Crippen LogP contribution in [0.5, 0.6) is 0 Å². The maximum atomic E-state index is 12.1. The van der Waals surface area contributed by atoms with Crippen molar-refractivity contribution in [2.45, 2.75) is 26.7 Å². The Balaban J connectivity index is 2.44. The molecule has 1 saturated heterocycles. The van der Waals surface area contributed by atoms with E-state index in [2.05, 4.69) is 10.6 Å². The Kier molecular flexibility index (Phi) is 5.59. The second-order valence-electron chi connectivity index (χ2n) is 5.30. The average Bonchev–Trinajstić information content (AvgIpc) is 2.29. The quantitative estimate of drug-likeness (QED) is 0.757. The maximum absolute atomic E-state index is 12.1. The summed E-state index contributed by atoms with van der Waals surface area (Å²) in [5.74, 6) is 1.00.